The van der Waals surface area contributed by atoms with E-state index in [9.17, 15) is 32.7 Å². The molecule has 10 heteroatoms. The zero-order valence-electron chi connectivity index (χ0n) is 16.8. The van der Waals surface area contributed by atoms with Crippen LogP contribution in [0.1, 0.15) is 36.0 Å². The highest BCUT2D eigenvalue weighted by molar-refractivity contribution is 7.92. The Morgan fingerprint density at radius 1 is 1.16 bits per heavy atom. The minimum absolute atomic E-state index is 0.0505. The van der Waals surface area contributed by atoms with Gasteiger partial charge in [-0.3, -0.25) is 4.79 Å². The Morgan fingerprint density at radius 2 is 1.75 bits per heavy atom. The number of carbonyl (C=O) groups is 1. The predicted molar refractivity (Wildman–Crippen MR) is 113 cm³/mol. The second-order valence-corrected chi connectivity index (χ2v) is 10.5. The summed E-state index contributed by atoms with van der Waals surface area (Å²) in [6.07, 6.45) is 2.25. The third-order valence-corrected chi connectivity index (χ3v) is 8.79. The standard InChI is InChI=1S/C22H21ClF3NO4S/c23-15-4-3-11(21(29)27-14-6-16(24)19(26)17(25)7-14)5-18(15)32(31)20-12-1-2-13(20)9-22(30,8-12)10-28/h3-7,12-13,20,28,30H,1-2,8-10H2,(H,27,29)/t12?,13?,20-,22-,32?. The average molecular weight is 488 g/mol. The first kappa shape index (κ1) is 23.4. The number of fused-ring (bicyclic) bond motifs is 2. The number of rotatable bonds is 5. The fourth-order valence-electron chi connectivity index (χ4n) is 4.89. The molecule has 3 unspecified atom stereocenters. The van der Waals surface area contributed by atoms with Crippen LogP contribution in [0.3, 0.4) is 0 Å². The van der Waals surface area contributed by atoms with Gasteiger partial charge in [0, 0.05) is 41.3 Å². The number of hydrogen-bond donors (Lipinski definition) is 3. The maximum atomic E-state index is 13.5. The average Bonchev–Trinajstić information content (AvgIpc) is 3.03. The third kappa shape index (κ3) is 4.36. The summed E-state index contributed by atoms with van der Waals surface area (Å²) >= 11 is 4.71. The zero-order valence-corrected chi connectivity index (χ0v) is 18.4. The number of nitrogens with one attached hydrogen (secondary N) is 1. The predicted octanol–water partition coefficient (Wildman–Crippen LogP) is 4.03. The summed E-state index contributed by atoms with van der Waals surface area (Å²) in [7, 11) is 0. The van der Waals surface area contributed by atoms with Gasteiger partial charge in [0.1, 0.15) is 5.25 Å². The molecule has 0 saturated heterocycles. The second kappa shape index (κ2) is 8.87. The van der Waals surface area contributed by atoms with Crippen LogP contribution in [0.2, 0.25) is 5.02 Å². The number of aliphatic hydroxyl groups excluding tert-OH is 1. The second-order valence-electron chi connectivity index (χ2n) is 8.50. The molecule has 172 valence electrons. The van der Waals surface area contributed by atoms with Crippen LogP contribution in [0.5, 0.6) is 0 Å². The van der Waals surface area contributed by atoms with Crippen molar-refractivity contribution in [2.24, 2.45) is 11.8 Å². The smallest absolute Gasteiger partial charge is 0.255 e. The number of benzene rings is 2. The molecule has 3 N–H and O–H groups in total. The fourth-order valence-corrected chi connectivity index (χ4v) is 7.20. The summed E-state index contributed by atoms with van der Waals surface area (Å²) in [6, 6.07) is 5.50. The van der Waals surface area contributed by atoms with E-state index in [-0.39, 0.29) is 44.9 Å². The van der Waals surface area contributed by atoms with Crippen LogP contribution in [0.15, 0.2) is 35.2 Å². The van der Waals surface area contributed by atoms with Crippen molar-refractivity contribution in [1.82, 2.24) is 0 Å². The van der Waals surface area contributed by atoms with Crippen LogP contribution in [-0.4, -0.2) is 38.1 Å². The number of carbonyl (C=O) groups excluding carboxylic acids is 1. The summed E-state index contributed by atoms with van der Waals surface area (Å²) in [4.78, 5) is 12.9. The molecule has 0 aliphatic heterocycles. The lowest BCUT2D eigenvalue weighted by Crippen LogP contribution is -2.48. The van der Waals surface area contributed by atoms with E-state index in [0.717, 1.165) is 12.8 Å². The van der Waals surface area contributed by atoms with Gasteiger partial charge in [-0.05, 0) is 49.0 Å². The highest BCUT2D eigenvalue weighted by atomic mass is 35.5. The molecule has 4 rings (SSSR count). The van der Waals surface area contributed by atoms with Gasteiger partial charge in [-0.1, -0.05) is 11.6 Å². The third-order valence-electron chi connectivity index (χ3n) is 6.32. The van der Waals surface area contributed by atoms with Crippen molar-refractivity contribution in [2.45, 2.75) is 41.4 Å². The lowest BCUT2D eigenvalue weighted by Gasteiger charge is -2.40. The molecule has 2 fully saturated rings. The summed E-state index contributed by atoms with van der Waals surface area (Å²) in [5, 5.41) is 22.2. The molecule has 5 nitrogen and oxygen atoms in total. The van der Waals surface area contributed by atoms with Gasteiger partial charge >= 0.3 is 0 Å². The highest BCUT2D eigenvalue weighted by Crippen LogP contribution is 2.51. The first-order valence-electron chi connectivity index (χ1n) is 10.1. The molecule has 1 amide bonds. The maximum Gasteiger partial charge on any atom is 0.255 e. The van der Waals surface area contributed by atoms with Gasteiger partial charge in [-0.15, -0.1) is 0 Å². The lowest BCUT2D eigenvalue weighted by atomic mass is 9.77. The molecular formula is C22H21ClF3NO4S. The molecule has 0 aromatic heterocycles. The van der Waals surface area contributed by atoms with Gasteiger partial charge in [-0.25, -0.2) is 13.2 Å². The molecule has 2 saturated carbocycles. The Kier molecular flexibility index (Phi) is 6.48. The van der Waals surface area contributed by atoms with Crippen molar-refractivity contribution in [3.8, 4) is 0 Å². The summed E-state index contributed by atoms with van der Waals surface area (Å²) in [6.45, 7) is -0.347. The Bertz CT molecular complexity index is 1020. The normalized spacial score (nSPS) is 27.9. The Balaban J connectivity index is 1.56. The highest BCUT2D eigenvalue weighted by Gasteiger charge is 2.54. The van der Waals surface area contributed by atoms with E-state index in [4.69, 9.17) is 11.6 Å². The molecule has 3 atom stereocenters. The molecule has 32 heavy (non-hydrogen) atoms. The quantitative estimate of drug-likeness (QED) is 0.438. The first-order valence-corrected chi connectivity index (χ1v) is 11.7. The van der Waals surface area contributed by atoms with Gasteiger partial charge in [0.05, 0.1) is 17.2 Å². The number of hydrogen-bond acceptors (Lipinski definition) is 4. The van der Waals surface area contributed by atoms with Crippen LogP contribution in [0.4, 0.5) is 18.9 Å². The lowest BCUT2D eigenvalue weighted by molar-refractivity contribution is -0.0597. The number of aliphatic hydroxyl groups is 2. The minimum atomic E-state index is -1.64. The summed E-state index contributed by atoms with van der Waals surface area (Å²) < 4.78 is 53.4. The van der Waals surface area contributed by atoms with Gasteiger partial charge in [0.15, 0.2) is 22.3 Å². The van der Waals surface area contributed by atoms with E-state index >= 15 is 0 Å². The Labute approximate surface area is 190 Å². The molecule has 0 radical (unpaired) electrons. The van der Waals surface area contributed by atoms with Crippen molar-refractivity contribution in [3.05, 3.63) is 58.4 Å². The Morgan fingerprint density at radius 3 is 2.31 bits per heavy atom. The molecule has 2 aliphatic carbocycles. The number of amides is 1. The Hall–Kier alpha value is -1.78. The van der Waals surface area contributed by atoms with Crippen molar-refractivity contribution >= 4 is 34.4 Å². The van der Waals surface area contributed by atoms with Crippen LogP contribution >= 0.6 is 11.6 Å². The van der Waals surface area contributed by atoms with Crippen LogP contribution < -0.4 is 5.32 Å². The topological polar surface area (TPSA) is 92.6 Å². The van der Waals surface area contributed by atoms with Gasteiger partial charge in [0.2, 0.25) is 0 Å². The maximum absolute atomic E-state index is 13.5. The first-order chi connectivity index (χ1) is 15.1. The van der Waals surface area contributed by atoms with Crippen molar-refractivity contribution in [3.63, 3.8) is 0 Å². The van der Waals surface area contributed by atoms with E-state index in [1.807, 2.05) is 0 Å². The van der Waals surface area contributed by atoms with Crippen molar-refractivity contribution in [2.75, 3.05) is 11.9 Å². The van der Waals surface area contributed by atoms with Crippen LogP contribution in [0, 0.1) is 29.3 Å². The molecule has 0 heterocycles. The van der Waals surface area contributed by atoms with Crippen LogP contribution in [-0.2, 0) is 11.2 Å². The van der Waals surface area contributed by atoms with E-state index in [2.05, 4.69) is 5.32 Å². The molecule has 0 spiro atoms. The number of halogens is 4. The van der Waals surface area contributed by atoms with Gasteiger partial charge in [-0.2, -0.15) is 0 Å². The minimum Gasteiger partial charge on any atom is -0.611 e. The molecule has 2 aliphatic rings. The van der Waals surface area contributed by atoms with E-state index in [0.29, 0.717) is 25.0 Å². The van der Waals surface area contributed by atoms with Crippen molar-refractivity contribution in [1.29, 1.82) is 0 Å². The largest absolute Gasteiger partial charge is 0.611 e. The van der Waals surface area contributed by atoms with Crippen LogP contribution in [0.25, 0.3) is 0 Å². The van der Waals surface area contributed by atoms with E-state index in [1.165, 1.54) is 18.2 Å². The van der Waals surface area contributed by atoms with Gasteiger partial charge < -0.3 is 20.1 Å². The van der Waals surface area contributed by atoms with E-state index in [1.54, 1.807) is 0 Å². The molecule has 2 aromatic carbocycles. The SMILES string of the molecule is O=C(Nc1cc(F)c(F)c(F)c1)c1ccc(Cl)c([S+]([O-])[C@H]2C3CCC2C[C@](O)(CO)C3)c1. The summed E-state index contributed by atoms with van der Waals surface area (Å²) in [5.41, 5.74) is -1.37. The zero-order chi connectivity index (χ0) is 23.2. The van der Waals surface area contributed by atoms with Crippen molar-refractivity contribution < 1.29 is 32.7 Å². The molecule has 2 bridgehead atoms. The van der Waals surface area contributed by atoms with E-state index < -0.39 is 40.1 Å². The van der Waals surface area contributed by atoms with Gasteiger partial charge in [0.25, 0.3) is 5.91 Å². The fraction of sp³-hybridized carbons (Fsp3) is 0.409. The monoisotopic (exact) mass is 487 g/mol. The summed E-state index contributed by atoms with van der Waals surface area (Å²) in [5.74, 6) is -5.34. The number of anilines is 1. The molecular weight excluding hydrogens is 467 g/mol. The molecule has 2 aromatic rings.